The van der Waals surface area contributed by atoms with Gasteiger partial charge in [0.05, 0.1) is 11.7 Å². The van der Waals surface area contributed by atoms with E-state index < -0.39 is 5.82 Å². The Morgan fingerprint density at radius 3 is 2.77 bits per heavy atom. The predicted octanol–water partition coefficient (Wildman–Crippen LogP) is 3.89. The fraction of sp³-hybridized carbons (Fsp3) is 0.304. The summed E-state index contributed by atoms with van der Waals surface area (Å²) in [7, 11) is 0. The molecule has 0 radical (unpaired) electrons. The zero-order valence-corrected chi connectivity index (χ0v) is 16.9. The summed E-state index contributed by atoms with van der Waals surface area (Å²) in [4.78, 5) is 25.8. The summed E-state index contributed by atoms with van der Waals surface area (Å²) < 4.78 is 19.0. The largest absolute Gasteiger partial charge is 0.481 e. The Balaban J connectivity index is 1.51. The first-order chi connectivity index (χ1) is 14.4. The highest BCUT2D eigenvalue weighted by Crippen LogP contribution is 2.40. The highest BCUT2D eigenvalue weighted by atomic mass is 19.1. The summed E-state index contributed by atoms with van der Waals surface area (Å²) in [5.41, 5.74) is 2.69. The van der Waals surface area contributed by atoms with Gasteiger partial charge in [-0.15, -0.1) is 0 Å². The van der Waals surface area contributed by atoms with E-state index in [1.807, 2.05) is 12.1 Å². The van der Waals surface area contributed by atoms with Crippen molar-refractivity contribution in [2.24, 2.45) is 5.41 Å². The van der Waals surface area contributed by atoms with Gasteiger partial charge in [0.1, 0.15) is 0 Å². The van der Waals surface area contributed by atoms with Crippen molar-refractivity contribution in [2.75, 3.05) is 6.61 Å². The molecule has 1 aromatic carbocycles. The van der Waals surface area contributed by atoms with Gasteiger partial charge in [0.25, 0.3) is 5.91 Å². The Morgan fingerprint density at radius 1 is 1.23 bits per heavy atom. The minimum absolute atomic E-state index is 0.0405. The van der Waals surface area contributed by atoms with Crippen molar-refractivity contribution in [2.45, 2.75) is 32.7 Å². The molecule has 0 spiro atoms. The van der Waals surface area contributed by atoms with Crippen LogP contribution in [0.4, 0.5) is 4.39 Å². The van der Waals surface area contributed by atoms with Crippen LogP contribution in [-0.2, 0) is 11.2 Å². The van der Waals surface area contributed by atoms with Crippen LogP contribution < -0.4 is 10.1 Å². The molecule has 0 saturated carbocycles. The van der Waals surface area contributed by atoms with E-state index in [9.17, 15) is 9.18 Å². The molecule has 2 heterocycles. The van der Waals surface area contributed by atoms with Crippen LogP contribution in [0.1, 0.15) is 37.6 Å². The highest BCUT2D eigenvalue weighted by Gasteiger charge is 2.34. The van der Waals surface area contributed by atoms with E-state index in [2.05, 4.69) is 29.1 Å². The Bertz CT molecular complexity index is 1060. The van der Waals surface area contributed by atoms with Crippen LogP contribution in [-0.4, -0.2) is 27.5 Å². The minimum atomic E-state index is -0.494. The standard InChI is InChI=1S/C23H23FN4O2/c1-23(2)11-18(27-21(29)14-30-20-6-4-3-5-17(20)24)16-13-26-22(28-19(16)12-23)15-7-9-25-10-8-15/h3-10,13,18H,11-12,14H2,1-2H3,(H,27,29)/t18-/m1/s1. The molecule has 3 aromatic rings. The number of para-hydroxylation sites is 1. The van der Waals surface area contributed by atoms with E-state index in [1.165, 1.54) is 12.1 Å². The fourth-order valence-electron chi connectivity index (χ4n) is 3.76. The molecule has 154 valence electrons. The number of ether oxygens (including phenoxy) is 1. The number of hydrogen-bond donors (Lipinski definition) is 1. The molecule has 4 rings (SSSR count). The first-order valence-electron chi connectivity index (χ1n) is 9.84. The van der Waals surface area contributed by atoms with Crippen molar-refractivity contribution in [1.29, 1.82) is 0 Å². The third-order valence-corrected chi connectivity index (χ3v) is 5.15. The van der Waals surface area contributed by atoms with Gasteiger partial charge < -0.3 is 10.1 Å². The van der Waals surface area contributed by atoms with Crippen LogP contribution in [0.25, 0.3) is 11.4 Å². The summed E-state index contributed by atoms with van der Waals surface area (Å²) in [6.07, 6.45) is 6.75. The van der Waals surface area contributed by atoms with Crippen LogP contribution in [0.2, 0.25) is 0 Å². The molecular formula is C23H23FN4O2. The van der Waals surface area contributed by atoms with Gasteiger partial charge in [0.2, 0.25) is 0 Å². The number of rotatable bonds is 5. The first kappa shape index (κ1) is 19.9. The molecule has 1 aliphatic carbocycles. The lowest BCUT2D eigenvalue weighted by Gasteiger charge is -2.36. The number of pyridine rings is 1. The van der Waals surface area contributed by atoms with Crippen LogP contribution in [0.15, 0.2) is 55.0 Å². The lowest BCUT2D eigenvalue weighted by atomic mass is 9.74. The summed E-state index contributed by atoms with van der Waals surface area (Å²) in [5, 5.41) is 3.00. The van der Waals surface area contributed by atoms with Crippen LogP contribution >= 0.6 is 0 Å². The monoisotopic (exact) mass is 406 g/mol. The van der Waals surface area contributed by atoms with E-state index in [-0.39, 0.29) is 29.7 Å². The quantitative estimate of drug-likeness (QED) is 0.696. The maximum absolute atomic E-state index is 13.7. The van der Waals surface area contributed by atoms with E-state index in [1.54, 1.807) is 30.7 Å². The molecular weight excluding hydrogens is 383 g/mol. The van der Waals surface area contributed by atoms with Gasteiger partial charge in [0.15, 0.2) is 24.0 Å². The van der Waals surface area contributed by atoms with Crippen molar-refractivity contribution in [3.05, 3.63) is 72.1 Å². The van der Waals surface area contributed by atoms with E-state index in [0.29, 0.717) is 5.82 Å². The Morgan fingerprint density at radius 2 is 2.00 bits per heavy atom. The van der Waals surface area contributed by atoms with Gasteiger partial charge in [-0.1, -0.05) is 26.0 Å². The number of nitrogens with one attached hydrogen (secondary N) is 1. The summed E-state index contributed by atoms with van der Waals surface area (Å²) >= 11 is 0. The highest BCUT2D eigenvalue weighted by molar-refractivity contribution is 5.78. The smallest absolute Gasteiger partial charge is 0.258 e. The maximum atomic E-state index is 13.7. The number of amides is 1. The third kappa shape index (κ3) is 4.45. The predicted molar refractivity (Wildman–Crippen MR) is 110 cm³/mol. The molecule has 30 heavy (non-hydrogen) atoms. The number of carbonyl (C=O) groups excluding carboxylic acids is 1. The molecule has 0 fully saturated rings. The van der Waals surface area contributed by atoms with Crippen molar-refractivity contribution in [3.8, 4) is 17.1 Å². The van der Waals surface area contributed by atoms with Crippen LogP contribution in [0.5, 0.6) is 5.75 Å². The topological polar surface area (TPSA) is 77.0 Å². The third-order valence-electron chi connectivity index (χ3n) is 5.15. The summed E-state index contributed by atoms with van der Waals surface area (Å²) in [5.74, 6) is -0.110. The Kier molecular flexibility index (Phi) is 5.44. The van der Waals surface area contributed by atoms with Crippen LogP contribution in [0.3, 0.4) is 0 Å². The van der Waals surface area contributed by atoms with Gasteiger partial charge in [-0.25, -0.2) is 14.4 Å². The molecule has 7 heteroatoms. The zero-order valence-electron chi connectivity index (χ0n) is 16.9. The molecule has 0 unspecified atom stereocenters. The van der Waals surface area contributed by atoms with Crippen LogP contribution in [0, 0.1) is 11.2 Å². The minimum Gasteiger partial charge on any atom is -0.481 e. The van der Waals surface area contributed by atoms with E-state index in [4.69, 9.17) is 9.72 Å². The van der Waals surface area contributed by atoms with Gasteiger partial charge in [0, 0.05) is 29.7 Å². The second kappa shape index (κ2) is 8.18. The number of benzene rings is 1. The van der Waals surface area contributed by atoms with Crippen molar-refractivity contribution >= 4 is 5.91 Å². The lowest BCUT2D eigenvalue weighted by molar-refractivity contribution is -0.124. The average molecular weight is 406 g/mol. The number of fused-ring (bicyclic) bond motifs is 1. The van der Waals surface area contributed by atoms with Gasteiger partial charge in [-0.05, 0) is 42.5 Å². The van der Waals surface area contributed by atoms with Gasteiger partial charge in [-0.2, -0.15) is 0 Å². The number of aromatic nitrogens is 3. The fourth-order valence-corrected chi connectivity index (χ4v) is 3.76. The molecule has 0 bridgehead atoms. The van der Waals surface area contributed by atoms with E-state index in [0.717, 1.165) is 29.7 Å². The van der Waals surface area contributed by atoms with Gasteiger partial charge >= 0.3 is 0 Å². The molecule has 1 N–H and O–H groups in total. The first-order valence-corrected chi connectivity index (χ1v) is 9.84. The maximum Gasteiger partial charge on any atom is 0.258 e. The molecule has 0 saturated heterocycles. The Hall–Kier alpha value is -3.35. The number of carbonyl (C=O) groups is 1. The molecule has 2 aromatic heterocycles. The summed E-state index contributed by atoms with van der Waals surface area (Å²) in [6, 6.07) is 9.54. The van der Waals surface area contributed by atoms with Crippen molar-refractivity contribution in [1.82, 2.24) is 20.3 Å². The molecule has 6 nitrogen and oxygen atoms in total. The number of nitrogens with zero attached hydrogens (tertiary/aromatic N) is 3. The van der Waals surface area contributed by atoms with E-state index >= 15 is 0 Å². The second-order valence-corrected chi connectivity index (χ2v) is 8.22. The molecule has 1 aliphatic rings. The molecule has 0 aliphatic heterocycles. The number of hydrogen-bond acceptors (Lipinski definition) is 5. The number of halogens is 1. The van der Waals surface area contributed by atoms with Crippen molar-refractivity contribution in [3.63, 3.8) is 0 Å². The second-order valence-electron chi connectivity index (χ2n) is 8.22. The zero-order chi connectivity index (χ0) is 21.1. The SMILES string of the molecule is CC1(C)Cc2nc(-c3ccncc3)ncc2[C@H](NC(=O)COc2ccccc2F)C1. The Labute approximate surface area is 174 Å². The normalized spacial score (nSPS) is 17.1. The average Bonchev–Trinajstić information content (AvgIpc) is 2.72. The summed E-state index contributed by atoms with van der Waals surface area (Å²) in [6.45, 7) is 4.04. The molecule has 1 amide bonds. The lowest BCUT2D eigenvalue weighted by Crippen LogP contribution is -2.39. The van der Waals surface area contributed by atoms with Gasteiger partial charge in [-0.3, -0.25) is 9.78 Å². The molecule has 1 atom stereocenters. The van der Waals surface area contributed by atoms with Crippen molar-refractivity contribution < 1.29 is 13.9 Å².